The van der Waals surface area contributed by atoms with Gasteiger partial charge in [-0.2, -0.15) is 0 Å². The lowest BCUT2D eigenvalue weighted by molar-refractivity contribution is 0.0697. The average Bonchev–Trinajstić information content (AvgIpc) is 2.91. The van der Waals surface area contributed by atoms with Gasteiger partial charge in [-0.25, -0.2) is 9.59 Å². The molecule has 0 saturated heterocycles. The van der Waals surface area contributed by atoms with Crippen LogP contribution in [0.1, 0.15) is 16.1 Å². The summed E-state index contributed by atoms with van der Waals surface area (Å²) >= 11 is 0. The van der Waals surface area contributed by atoms with Gasteiger partial charge in [-0.3, -0.25) is 0 Å². The van der Waals surface area contributed by atoms with E-state index < -0.39 is 12.0 Å². The number of aromatic nitrogens is 1. The SMILES string of the molecule is O=C(NCc1ccno1)Nc1ccc(O)cc1C(=O)O. The molecule has 2 rings (SSSR count). The molecule has 4 N–H and O–H groups in total. The second kappa shape index (κ2) is 5.74. The summed E-state index contributed by atoms with van der Waals surface area (Å²) in [4.78, 5) is 22.6. The van der Waals surface area contributed by atoms with E-state index in [0.29, 0.717) is 5.76 Å². The molecule has 0 aliphatic carbocycles. The molecule has 1 aromatic heterocycles. The molecule has 0 saturated carbocycles. The Morgan fingerprint density at radius 1 is 1.30 bits per heavy atom. The number of carbonyl (C=O) groups is 2. The van der Waals surface area contributed by atoms with E-state index in [1.54, 1.807) is 6.07 Å². The fourth-order valence-electron chi connectivity index (χ4n) is 1.49. The van der Waals surface area contributed by atoms with Gasteiger partial charge in [0.15, 0.2) is 5.76 Å². The standard InChI is InChI=1S/C12H11N3O5/c16-7-1-2-10(9(5-7)11(17)18)15-12(19)13-6-8-3-4-14-20-8/h1-5,16H,6H2,(H,17,18)(H2,13,15,19). The Hall–Kier alpha value is -3.03. The zero-order valence-electron chi connectivity index (χ0n) is 10.2. The molecule has 0 aliphatic heterocycles. The Morgan fingerprint density at radius 2 is 2.10 bits per heavy atom. The van der Waals surface area contributed by atoms with E-state index in [1.807, 2.05) is 0 Å². The highest BCUT2D eigenvalue weighted by molar-refractivity contribution is 6.00. The molecule has 2 amide bonds. The number of urea groups is 1. The molecule has 0 atom stereocenters. The van der Waals surface area contributed by atoms with Crippen molar-refractivity contribution < 1.29 is 24.3 Å². The van der Waals surface area contributed by atoms with E-state index in [2.05, 4.69) is 15.8 Å². The van der Waals surface area contributed by atoms with E-state index >= 15 is 0 Å². The quantitative estimate of drug-likeness (QED) is 0.626. The largest absolute Gasteiger partial charge is 0.508 e. The number of benzene rings is 1. The van der Waals surface area contributed by atoms with Crippen molar-refractivity contribution in [2.75, 3.05) is 5.32 Å². The van der Waals surface area contributed by atoms with Crippen LogP contribution in [0.3, 0.4) is 0 Å². The van der Waals surface area contributed by atoms with Crippen molar-refractivity contribution in [3.8, 4) is 5.75 Å². The summed E-state index contributed by atoms with van der Waals surface area (Å²) in [6.07, 6.45) is 1.44. The molecule has 104 valence electrons. The van der Waals surface area contributed by atoms with Gasteiger partial charge in [0, 0.05) is 6.07 Å². The first-order valence-electron chi connectivity index (χ1n) is 5.57. The third-order valence-electron chi connectivity index (χ3n) is 2.40. The van der Waals surface area contributed by atoms with Gasteiger partial charge in [0.25, 0.3) is 0 Å². The van der Waals surface area contributed by atoms with Crippen molar-refractivity contribution in [2.24, 2.45) is 0 Å². The van der Waals surface area contributed by atoms with Gasteiger partial charge >= 0.3 is 12.0 Å². The predicted molar refractivity (Wildman–Crippen MR) is 67.4 cm³/mol. The normalized spacial score (nSPS) is 10.0. The highest BCUT2D eigenvalue weighted by Gasteiger charge is 2.13. The Labute approximate surface area is 113 Å². The molecule has 0 radical (unpaired) electrons. The topological polar surface area (TPSA) is 125 Å². The molecular weight excluding hydrogens is 266 g/mol. The average molecular weight is 277 g/mol. The van der Waals surface area contributed by atoms with Crippen LogP contribution in [0.25, 0.3) is 0 Å². The Balaban J connectivity index is 2.02. The summed E-state index contributed by atoms with van der Waals surface area (Å²) in [5, 5.41) is 26.5. The number of amides is 2. The highest BCUT2D eigenvalue weighted by Crippen LogP contribution is 2.21. The molecule has 20 heavy (non-hydrogen) atoms. The third-order valence-corrected chi connectivity index (χ3v) is 2.40. The molecule has 2 aromatic rings. The number of carboxylic acids is 1. The van der Waals surface area contributed by atoms with Crippen LogP contribution in [0.5, 0.6) is 5.75 Å². The number of nitrogens with zero attached hydrogens (tertiary/aromatic N) is 1. The molecule has 0 unspecified atom stereocenters. The van der Waals surface area contributed by atoms with Gasteiger partial charge < -0.3 is 25.4 Å². The van der Waals surface area contributed by atoms with E-state index in [1.165, 1.54) is 18.3 Å². The summed E-state index contributed by atoms with van der Waals surface area (Å²) < 4.78 is 4.79. The van der Waals surface area contributed by atoms with Crippen molar-refractivity contribution >= 4 is 17.7 Å². The second-order valence-electron chi connectivity index (χ2n) is 3.82. The molecule has 0 bridgehead atoms. The number of carboxylic acid groups (broad SMARTS) is 1. The fraction of sp³-hybridized carbons (Fsp3) is 0.0833. The van der Waals surface area contributed by atoms with Crippen LogP contribution in [-0.2, 0) is 6.54 Å². The van der Waals surface area contributed by atoms with Crippen LogP contribution in [0.15, 0.2) is 35.0 Å². The van der Waals surface area contributed by atoms with E-state index in [9.17, 15) is 14.7 Å². The lowest BCUT2D eigenvalue weighted by Crippen LogP contribution is -2.28. The zero-order valence-corrected chi connectivity index (χ0v) is 10.2. The van der Waals surface area contributed by atoms with E-state index in [-0.39, 0.29) is 23.5 Å². The summed E-state index contributed by atoms with van der Waals surface area (Å²) in [5.74, 6) is -0.995. The maximum Gasteiger partial charge on any atom is 0.337 e. The molecule has 8 heteroatoms. The van der Waals surface area contributed by atoms with Gasteiger partial charge in [0.2, 0.25) is 0 Å². The minimum absolute atomic E-state index is 0.0744. The number of phenolic OH excluding ortho intramolecular Hbond substituents is 1. The van der Waals surface area contributed by atoms with Crippen LogP contribution in [0.2, 0.25) is 0 Å². The minimum atomic E-state index is -1.26. The summed E-state index contributed by atoms with van der Waals surface area (Å²) in [6.45, 7) is 0.117. The number of carbonyl (C=O) groups excluding carboxylic acids is 1. The Kier molecular flexibility index (Phi) is 3.85. The van der Waals surface area contributed by atoms with Crippen LogP contribution in [-0.4, -0.2) is 27.4 Å². The molecule has 1 heterocycles. The maximum atomic E-state index is 11.6. The lowest BCUT2D eigenvalue weighted by Gasteiger charge is -2.09. The number of hydrogen-bond donors (Lipinski definition) is 4. The first kappa shape index (κ1) is 13.4. The number of anilines is 1. The number of phenols is 1. The predicted octanol–water partition coefficient (Wildman–Crippen LogP) is 1.40. The van der Waals surface area contributed by atoms with Crippen LogP contribution in [0, 0.1) is 0 Å². The number of aromatic carboxylic acids is 1. The highest BCUT2D eigenvalue weighted by atomic mass is 16.5. The molecule has 1 aromatic carbocycles. The van der Waals surface area contributed by atoms with Crippen molar-refractivity contribution in [3.63, 3.8) is 0 Å². The number of rotatable bonds is 4. The van der Waals surface area contributed by atoms with Crippen LogP contribution in [0.4, 0.5) is 10.5 Å². The first-order valence-corrected chi connectivity index (χ1v) is 5.57. The Morgan fingerprint density at radius 3 is 2.75 bits per heavy atom. The molecule has 8 nitrogen and oxygen atoms in total. The summed E-state index contributed by atoms with van der Waals surface area (Å²) in [5.41, 5.74) is -0.134. The summed E-state index contributed by atoms with van der Waals surface area (Å²) in [6, 6.07) is 4.61. The molecule has 0 fully saturated rings. The number of nitrogens with one attached hydrogen (secondary N) is 2. The zero-order chi connectivity index (χ0) is 14.5. The molecular formula is C12H11N3O5. The third kappa shape index (κ3) is 3.25. The molecule has 0 spiro atoms. The lowest BCUT2D eigenvalue weighted by atomic mass is 10.1. The second-order valence-corrected chi connectivity index (χ2v) is 3.82. The van der Waals surface area contributed by atoms with Gasteiger partial charge in [0.1, 0.15) is 5.75 Å². The summed E-state index contributed by atoms with van der Waals surface area (Å²) in [7, 11) is 0. The van der Waals surface area contributed by atoms with E-state index in [0.717, 1.165) is 6.07 Å². The van der Waals surface area contributed by atoms with Gasteiger partial charge in [-0.05, 0) is 18.2 Å². The van der Waals surface area contributed by atoms with Gasteiger partial charge in [0.05, 0.1) is 24.0 Å². The van der Waals surface area contributed by atoms with Crippen molar-refractivity contribution in [1.82, 2.24) is 10.5 Å². The van der Waals surface area contributed by atoms with Crippen LogP contribution >= 0.6 is 0 Å². The first-order chi connectivity index (χ1) is 9.56. The monoisotopic (exact) mass is 277 g/mol. The van der Waals surface area contributed by atoms with Crippen molar-refractivity contribution in [3.05, 3.63) is 41.8 Å². The van der Waals surface area contributed by atoms with Crippen molar-refractivity contribution in [2.45, 2.75) is 6.54 Å². The van der Waals surface area contributed by atoms with Crippen LogP contribution < -0.4 is 10.6 Å². The minimum Gasteiger partial charge on any atom is -0.508 e. The fourth-order valence-corrected chi connectivity index (χ4v) is 1.49. The smallest absolute Gasteiger partial charge is 0.337 e. The van der Waals surface area contributed by atoms with Crippen molar-refractivity contribution in [1.29, 1.82) is 0 Å². The Bertz CT molecular complexity index is 624. The number of hydrogen-bond acceptors (Lipinski definition) is 5. The van der Waals surface area contributed by atoms with Gasteiger partial charge in [-0.15, -0.1) is 0 Å². The molecule has 0 aliphatic rings. The number of aromatic hydroxyl groups is 1. The maximum absolute atomic E-state index is 11.6. The van der Waals surface area contributed by atoms with Gasteiger partial charge in [-0.1, -0.05) is 5.16 Å². The van der Waals surface area contributed by atoms with E-state index in [4.69, 9.17) is 9.63 Å².